The zero-order chi connectivity index (χ0) is 14.9. The molecule has 2 nitrogen and oxygen atoms in total. The quantitative estimate of drug-likeness (QED) is 0.890. The van der Waals surface area contributed by atoms with Crippen molar-refractivity contribution in [2.75, 3.05) is 12.3 Å². The Bertz CT molecular complexity index is 504. The number of nitrogens with one attached hydrogen (secondary N) is 1. The SMILES string of the molecule is CCCNC1CC2(CCCSC2C)Oc2ccc(C)cc21. The lowest BCUT2D eigenvalue weighted by Gasteiger charge is -2.48. The topological polar surface area (TPSA) is 21.3 Å². The van der Waals surface area contributed by atoms with Crippen LogP contribution in [0.5, 0.6) is 5.75 Å². The fourth-order valence-corrected chi connectivity index (χ4v) is 4.87. The highest BCUT2D eigenvalue weighted by Gasteiger charge is 2.46. The third-order valence-corrected chi connectivity index (χ3v) is 6.35. The third-order valence-electron chi connectivity index (χ3n) is 4.90. The predicted molar refractivity (Wildman–Crippen MR) is 91.3 cm³/mol. The van der Waals surface area contributed by atoms with Crippen LogP contribution in [-0.2, 0) is 0 Å². The minimum absolute atomic E-state index is 0.0244. The van der Waals surface area contributed by atoms with Crippen LogP contribution in [-0.4, -0.2) is 23.1 Å². The summed E-state index contributed by atoms with van der Waals surface area (Å²) in [5, 5.41) is 4.33. The van der Waals surface area contributed by atoms with Gasteiger partial charge in [-0.2, -0.15) is 11.8 Å². The molecular formula is C18H27NOS. The fourth-order valence-electron chi connectivity index (χ4n) is 3.64. The second-order valence-corrected chi connectivity index (χ2v) is 7.98. The number of aryl methyl sites for hydroxylation is 1. The molecule has 2 aliphatic rings. The summed E-state index contributed by atoms with van der Waals surface area (Å²) in [6, 6.07) is 7.10. The summed E-state index contributed by atoms with van der Waals surface area (Å²) < 4.78 is 6.58. The number of ether oxygens (including phenoxy) is 1. The molecule has 0 bridgehead atoms. The van der Waals surface area contributed by atoms with Crippen LogP contribution in [0.3, 0.4) is 0 Å². The van der Waals surface area contributed by atoms with Gasteiger partial charge < -0.3 is 10.1 Å². The molecule has 1 saturated heterocycles. The van der Waals surface area contributed by atoms with Crippen LogP contribution in [0.4, 0.5) is 0 Å². The molecule has 3 rings (SSSR count). The Morgan fingerprint density at radius 3 is 3.05 bits per heavy atom. The van der Waals surface area contributed by atoms with Crippen molar-refractivity contribution in [3.05, 3.63) is 29.3 Å². The summed E-state index contributed by atoms with van der Waals surface area (Å²) in [5.74, 6) is 2.38. The standard InChI is InChI=1S/C18H27NOS/c1-4-9-19-16-12-18(8-5-10-21-14(18)3)20-17-7-6-13(2)11-15(16)17/h6-7,11,14,16,19H,4-5,8-10,12H2,1-3H3. The molecule has 2 aliphatic heterocycles. The summed E-state index contributed by atoms with van der Waals surface area (Å²) in [7, 11) is 0. The van der Waals surface area contributed by atoms with Gasteiger partial charge in [-0.05, 0) is 51.5 Å². The molecule has 0 aliphatic carbocycles. The number of benzene rings is 1. The van der Waals surface area contributed by atoms with Gasteiger partial charge in [0.15, 0.2) is 0 Å². The second-order valence-electron chi connectivity index (χ2n) is 6.54. The monoisotopic (exact) mass is 305 g/mol. The summed E-state index contributed by atoms with van der Waals surface area (Å²) >= 11 is 2.07. The van der Waals surface area contributed by atoms with E-state index in [0.29, 0.717) is 11.3 Å². The molecule has 0 amide bonds. The lowest BCUT2D eigenvalue weighted by Crippen LogP contribution is -2.52. The zero-order valence-corrected chi connectivity index (χ0v) is 14.3. The van der Waals surface area contributed by atoms with Gasteiger partial charge in [-0.25, -0.2) is 0 Å². The summed E-state index contributed by atoms with van der Waals surface area (Å²) in [6.45, 7) is 7.83. The normalized spacial score (nSPS) is 31.8. The molecule has 0 saturated carbocycles. The predicted octanol–water partition coefficient (Wildman–Crippen LogP) is 4.47. The maximum atomic E-state index is 6.58. The van der Waals surface area contributed by atoms with Crippen molar-refractivity contribution in [2.24, 2.45) is 0 Å². The summed E-state index contributed by atoms with van der Waals surface area (Å²) in [4.78, 5) is 0. The fraction of sp³-hybridized carbons (Fsp3) is 0.667. The van der Waals surface area contributed by atoms with Crippen molar-refractivity contribution in [1.82, 2.24) is 5.32 Å². The van der Waals surface area contributed by atoms with E-state index in [2.05, 4.69) is 56.0 Å². The first kappa shape index (κ1) is 15.2. The van der Waals surface area contributed by atoms with E-state index in [0.717, 1.165) is 18.7 Å². The molecule has 21 heavy (non-hydrogen) atoms. The lowest BCUT2D eigenvalue weighted by molar-refractivity contribution is 0.0203. The van der Waals surface area contributed by atoms with Crippen LogP contribution < -0.4 is 10.1 Å². The Kier molecular flexibility index (Phi) is 4.51. The molecule has 0 aromatic heterocycles. The average Bonchev–Trinajstić information content (AvgIpc) is 2.49. The van der Waals surface area contributed by atoms with Crippen molar-refractivity contribution in [2.45, 2.75) is 63.3 Å². The maximum absolute atomic E-state index is 6.58. The maximum Gasteiger partial charge on any atom is 0.125 e. The van der Waals surface area contributed by atoms with Crippen molar-refractivity contribution < 1.29 is 4.74 Å². The van der Waals surface area contributed by atoms with Crippen LogP contribution in [0.2, 0.25) is 0 Å². The minimum atomic E-state index is 0.0244. The molecule has 1 fully saturated rings. The Labute approximate surface area is 133 Å². The number of fused-ring (bicyclic) bond motifs is 1. The highest BCUT2D eigenvalue weighted by atomic mass is 32.2. The van der Waals surface area contributed by atoms with Gasteiger partial charge in [-0.15, -0.1) is 0 Å². The van der Waals surface area contributed by atoms with E-state index < -0.39 is 0 Å². The van der Waals surface area contributed by atoms with Gasteiger partial charge in [0.2, 0.25) is 0 Å². The van der Waals surface area contributed by atoms with Gasteiger partial charge in [0.25, 0.3) is 0 Å². The van der Waals surface area contributed by atoms with Crippen molar-refractivity contribution in [1.29, 1.82) is 0 Å². The minimum Gasteiger partial charge on any atom is -0.486 e. The van der Waals surface area contributed by atoms with Crippen LogP contribution in [0.15, 0.2) is 18.2 Å². The van der Waals surface area contributed by atoms with Crippen LogP contribution >= 0.6 is 11.8 Å². The molecule has 3 atom stereocenters. The van der Waals surface area contributed by atoms with E-state index in [9.17, 15) is 0 Å². The first-order chi connectivity index (χ1) is 10.1. The van der Waals surface area contributed by atoms with E-state index in [-0.39, 0.29) is 5.60 Å². The van der Waals surface area contributed by atoms with E-state index in [4.69, 9.17) is 4.74 Å². The van der Waals surface area contributed by atoms with E-state index >= 15 is 0 Å². The number of hydrogen-bond acceptors (Lipinski definition) is 3. The molecule has 1 spiro atoms. The smallest absolute Gasteiger partial charge is 0.125 e. The Balaban J connectivity index is 1.94. The third kappa shape index (κ3) is 2.95. The number of rotatable bonds is 3. The van der Waals surface area contributed by atoms with E-state index in [1.165, 1.54) is 36.1 Å². The van der Waals surface area contributed by atoms with E-state index in [1.54, 1.807) is 0 Å². The van der Waals surface area contributed by atoms with Crippen molar-refractivity contribution >= 4 is 11.8 Å². The first-order valence-electron chi connectivity index (χ1n) is 8.29. The van der Waals surface area contributed by atoms with Crippen LogP contribution in [0, 0.1) is 6.92 Å². The van der Waals surface area contributed by atoms with Crippen LogP contribution in [0.1, 0.15) is 56.7 Å². The van der Waals surface area contributed by atoms with E-state index in [1.807, 2.05) is 0 Å². The molecule has 0 radical (unpaired) electrons. The van der Waals surface area contributed by atoms with Crippen molar-refractivity contribution in [3.8, 4) is 5.75 Å². The highest BCUT2D eigenvalue weighted by Crippen LogP contribution is 2.48. The molecule has 2 heterocycles. The molecule has 1 aromatic rings. The van der Waals surface area contributed by atoms with Gasteiger partial charge in [0, 0.05) is 23.3 Å². The lowest BCUT2D eigenvalue weighted by atomic mass is 9.81. The van der Waals surface area contributed by atoms with Gasteiger partial charge in [-0.1, -0.05) is 24.6 Å². The second kappa shape index (κ2) is 6.21. The Morgan fingerprint density at radius 1 is 1.43 bits per heavy atom. The Hall–Kier alpha value is -0.670. The molecular weight excluding hydrogens is 278 g/mol. The van der Waals surface area contributed by atoms with Gasteiger partial charge in [-0.3, -0.25) is 0 Å². The summed E-state index contributed by atoms with van der Waals surface area (Å²) in [5.41, 5.74) is 2.70. The largest absolute Gasteiger partial charge is 0.486 e. The van der Waals surface area contributed by atoms with Crippen molar-refractivity contribution in [3.63, 3.8) is 0 Å². The highest BCUT2D eigenvalue weighted by molar-refractivity contribution is 8.00. The molecule has 1 aromatic carbocycles. The van der Waals surface area contributed by atoms with Crippen LogP contribution in [0.25, 0.3) is 0 Å². The average molecular weight is 305 g/mol. The Morgan fingerprint density at radius 2 is 2.29 bits per heavy atom. The molecule has 3 heteroatoms. The van der Waals surface area contributed by atoms with Gasteiger partial charge >= 0.3 is 0 Å². The number of thioether (sulfide) groups is 1. The first-order valence-corrected chi connectivity index (χ1v) is 9.34. The van der Waals surface area contributed by atoms with Gasteiger partial charge in [0.1, 0.15) is 11.4 Å². The molecule has 1 N–H and O–H groups in total. The zero-order valence-electron chi connectivity index (χ0n) is 13.4. The van der Waals surface area contributed by atoms with Gasteiger partial charge in [0.05, 0.1) is 0 Å². The molecule has 116 valence electrons. The summed E-state index contributed by atoms with van der Waals surface area (Å²) in [6.07, 6.45) is 4.75. The molecule has 3 unspecified atom stereocenters. The number of hydrogen-bond donors (Lipinski definition) is 1.